The fourth-order valence-electron chi connectivity index (χ4n) is 1.73. The lowest BCUT2D eigenvalue weighted by atomic mass is 9.99. The number of nitrogens with one attached hydrogen (secondary N) is 1. The number of aliphatic carboxylic acids is 1. The first-order valence-electron chi connectivity index (χ1n) is 5.63. The van der Waals surface area contributed by atoms with E-state index < -0.39 is 12.0 Å². The standard InChI is InChI=1S/C11H19NO4/c1-7(2)9(11(14)15)12-10(13)8-4-3-5-16-6-8/h7-9H,3-6H2,1-2H3,(H,12,13)(H,14,15)/t8?,9-/m1/s1. The van der Waals surface area contributed by atoms with Crippen LogP contribution in [0.4, 0.5) is 0 Å². The molecule has 0 bridgehead atoms. The third kappa shape index (κ3) is 3.48. The monoisotopic (exact) mass is 229 g/mol. The number of ether oxygens (including phenoxy) is 1. The van der Waals surface area contributed by atoms with Crippen molar-refractivity contribution in [3.05, 3.63) is 0 Å². The minimum Gasteiger partial charge on any atom is -0.480 e. The van der Waals surface area contributed by atoms with Gasteiger partial charge in [0.2, 0.25) is 5.91 Å². The van der Waals surface area contributed by atoms with E-state index in [2.05, 4.69) is 5.32 Å². The van der Waals surface area contributed by atoms with Crippen molar-refractivity contribution in [3.8, 4) is 0 Å². The van der Waals surface area contributed by atoms with Crippen LogP contribution in [-0.2, 0) is 14.3 Å². The summed E-state index contributed by atoms with van der Waals surface area (Å²) in [6.45, 7) is 4.64. The second-order valence-electron chi connectivity index (χ2n) is 4.48. The predicted molar refractivity (Wildman–Crippen MR) is 57.9 cm³/mol. The van der Waals surface area contributed by atoms with E-state index in [-0.39, 0.29) is 17.7 Å². The number of hydrogen-bond donors (Lipinski definition) is 2. The molecule has 16 heavy (non-hydrogen) atoms. The molecule has 2 N–H and O–H groups in total. The van der Waals surface area contributed by atoms with E-state index in [0.717, 1.165) is 12.8 Å². The summed E-state index contributed by atoms with van der Waals surface area (Å²) in [5.74, 6) is -1.51. The van der Waals surface area contributed by atoms with Crippen LogP contribution in [0, 0.1) is 11.8 Å². The van der Waals surface area contributed by atoms with E-state index in [9.17, 15) is 9.59 Å². The molecule has 0 saturated carbocycles. The summed E-state index contributed by atoms with van der Waals surface area (Å²) in [5, 5.41) is 11.5. The van der Waals surface area contributed by atoms with Crippen LogP contribution in [0.1, 0.15) is 26.7 Å². The summed E-state index contributed by atoms with van der Waals surface area (Å²) >= 11 is 0. The van der Waals surface area contributed by atoms with Crippen LogP contribution in [-0.4, -0.2) is 36.2 Å². The summed E-state index contributed by atoms with van der Waals surface area (Å²) in [6.07, 6.45) is 1.63. The van der Waals surface area contributed by atoms with E-state index in [4.69, 9.17) is 9.84 Å². The average Bonchev–Trinajstić information content (AvgIpc) is 2.25. The maximum absolute atomic E-state index is 11.8. The first kappa shape index (κ1) is 13.0. The Morgan fingerprint density at radius 3 is 2.56 bits per heavy atom. The molecule has 92 valence electrons. The SMILES string of the molecule is CC(C)[C@@H](NC(=O)C1CCCOC1)C(=O)O. The summed E-state index contributed by atoms with van der Waals surface area (Å²) in [4.78, 5) is 22.7. The van der Waals surface area contributed by atoms with Crippen LogP contribution in [0.15, 0.2) is 0 Å². The molecule has 5 heteroatoms. The van der Waals surface area contributed by atoms with Crippen molar-refractivity contribution < 1.29 is 19.4 Å². The third-order valence-electron chi connectivity index (χ3n) is 2.76. The quantitative estimate of drug-likeness (QED) is 0.741. The van der Waals surface area contributed by atoms with Crippen LogP contribution in [0.3, 0.4) is 0 Å². The average molecular weight is 229 g/mol. The van der Waals surface area contributed by atoms with Gasteiger partial charge in [0.15, 0.2) is 0 Å². The molecule has 0 aromatic heterocycles. The first-order valence-corrected chi connectivity index (χ1v) is 5.63. The van der Waals surface area contributed by atoms with Crippen molar-refractivity contribution in [1.29, 1.82) is 0 Å². The Hall–Kier alpha value is -1.10. The van der Waals surface area contributed by atoms with Gasteiger partial charge in [-0.3, -0.25) is 4.79 Å². The molecule has 0 radical (unpaired) electrons. The number of carbonyl (C=O) groups excluding carboxylic acids is 1. The molecule has 1 heterocycles. The Balaban J connectivity index is 2.50. The van der Waals surface area contributed by atoms with Gasteiger partial charge in [0, 0.05) is 6.61 Å². The highest BCUT2D eigenvalue weighted by Gasteiger charge is 2.28. The van der Waals surface area contributed by atoms with Crippen LogP contribution in [0.5, 0.6) is 0 Å². The summed E-state index contributed by atoms with van der Waals surface area (Å²) in [6, 6.07) is -0.811. The predicted octanol–water partition coefficient (Wildman–Crippen LogP) is 0.638. The minimum atomic E-state index is -0.986. The highest BCUT2D eigenvalue weighted by molar-refractivity contribution is 5.85. The Bertz CT molecular complexity index is 259. The van der Waals surface area contributed by atoms with E-state index in [0.29, 0.717) is 13.2 Å². The number of carboxylic acid groups (broad SMARTS) is 1. The highest BCUT2D eigenvalue weighted by atomic mass is 16.5. The van der Waals surface area contributed by atoms with Crippen LogP contribution < -0.4 is 5.32 Å². The molecule has 0 aromatic rings. The Kier molecular flexibility index (Phi) is 4.73. The molecule has 1 fully saturated rings. The van der Waals surface area contributed by atoms with E-state index in [1.807, 2.05) is 0 Å². The van der Waals surface area contributed by atoms with Gasteiger partial charge in [-0.25, -0.2) is 4.79 Å². The Labute approximate surface area is 95.2 Å². The van der Waals surface area contributed by atoms with Gasteiger partial charge in [0.25, 0.3) is 0 Å². The van der Waals surface area contributed by atoms with Gasteiger partial charge in [-0.2, -0.15) is 0 Å². The third-order valence-corrected chi connectivity index (χ3v) is 2.76. The van der Waals surface area contributed by atoms with Crippen molar-refractivity contribution in [2.24, 2.45) is 11.8 Å². The zero-order valence-corrected chi connectivity index (χ0v) is 9.73. The second-order valence-corrected chi connectivity index (χ2v) is 4.48. The number of rotatable bonds is 4. The largest absolute Gasteiger partial charge is 0.480 e. The van der Waals surface area contributed by atoms with Crippen molar-refractivity contribution >= 4 is 11.9 Å². The van der Waals surface area contributed by atoms with Gasteiger partial charge in [-0.15, -0.1) is 0 Å². The lowest BCUT2D eigenvalue weighted by molar-refractivity contribution is -0.144. The Morgan fingerprint density at radius 1 is 1.44 bits per heavy atom. The second kappa shape index (κ2) is 5.84. The minimum absolute atomic E-state index is 0.119. The highest BCUT2D eigenvalue weighted by Crippen LogP contribution is 2.14. The van der Waals surface area contributed by atoms with Gasteiger partial charge in [0.1, 0.15) is 6.04 Å². The summed E-state index contributed by atoms with van der Waals surface area (Å²) < 4.78 is 5.20. The van der Waals surface area contributed by atoms with Crippen LogP contribution in [0.25, 0.3) is 0 Å². The Morgan fingerprint density at radius 2 is 2.12 bits per heavy atom. The molecule has 1 rings (SSSR count). The van der Waals surface area contributed by atoms with Crippen molar-refractivity contribution in [1.82, 2.24) is 5.32 Å². The fraction of sp³-hybridized carbons (Fsp3) is 0.818. The maximum Gasteiger partial charge on any atom is 0.326 e. The van der Waals surface area contributed by atoms with E-state index >= 15 is 0 Å². The normalized spacial score (nSPS) is 22.8. The maximum atomic E-state index is 11.8. The first-order chi connectivity index (χ1) is 7.52. The number of hydrogen-bond acceptors (Lipinski definition) is 3. The van der Waals surface area contributed by atoms with E-state index in [1.54, 1.807) is 13.8 Å². The topological polar surface area (TPSA) is 75.6 Å². The molecule has 1 unspecified atom stereocenters. The van der Waals surface area contributed by atoms with Crippen LogP contribution >= 0.6 is 0 Å². The molecule has 1 aliphatic rings. The molecule has 0 aromatic carbocycles. The number of carboxylic acids is 1. The van der Waals surface area contributed by atoms with Crippen molar-refractivity contribution in [2.75, 3.05) is 13.2 Å². The van der Waals surface area contributed by atoms with Gasteiger partial charge < -0.3 is 15.2 Å². The smallest absolute Gasteiger partial charge is 0.326 e. The van der Waals surface area contributed by atoms with Gasteiger partial charge in [-0.05, 0) is 18.8 Å². The molecular weight excluding hydrogens is 210 g/mol. The molecule has 5 nitrogen and oxygen atoms in total. The molecule has 2 atom stereocenters. The summed E-state index contributed by atoms with van der Waals surface area (Å²) in [7, 11) is 0. The lowest BCUT2D eigenvalue weighted by Gasteiger charge is -2.24. The fourth-order valence-corrected chi connectivity index (χ4v) is 1.73. The summed E-state index contributed by atoms with van der Waals surface area (Å²) in [5.41, 5.74) is 0. The van der Waals surface area contributed by atoms with Crippen molar-refractivity contribution in [2.45, 2.75) is 32.7 Å². The van der Waals surface area contributed by atoms with E-state index in [1.165, 1.54) is 0 Å². The molecular formula is C11H19NO4. The molecule has 1 aliphatic heterocycles. The number of carbonyl (C=O) groups is 2. The zero-order valence-electron chi connectivity index (χ0n) is 9.73. The molecule has 0 aliphatic carbocycles. The molecule has 0 spiro atoms. The lowest BCUT2D eigenvalue weighted by Crippen LogP contribution is -2.47. The van der Waals surface area contributed by atoms with Crippen molar-refractivity contribution in [3.63, 3.8) is 0 Å². The number of amides is 1. The van der Waals surface area contributed by atoms with Gasteiger partial charge in [-0.1, -0.05) is 13.8 Å². The van der Waals surface area contributed by atoms with Gasteiger partial charge >= 0.3 is 5.97 Å². The van der Waals surface area contributed by atoms with Gasteiger partial charge in [0.05, 0.1) is 12.5 Å². The van der Waals surface area contributed by atoms with Crippen LogP contribution in [0.2, 0.25) is 0 Å². The molecule has 1 amide bonds. The molecule has 1 saturated heterocycles. The zero-order chi connectivity index (χ0) is 12.1.